The fourth-order valence-electron chi connectivity index (χ4n) is 4.21. The summed E-state index contributed by atoms with van der Waals surface area (Å²) in [7, 11) is 0. The van der Waals surface area contributed by atoms with Crippen molar-refractivity contribution >= 4 is 17.3 Å². The van der Waals surface area contributed by atoms with E-state index >= 15 is 0 Å². The van der Waals surface area contributed by atoms with Gasteiger partial charge in [-0.05, 0) is 84.3 Å². The quantitative estimate of drug-likeness (QED) is 0.502. The molecule has 3 heteroatoms. The van der Waals surface area contributed by atoms with Crippen LogP contribution in [0.5, 0.6) is 0 Å². The van der Waals surface area contributed by atoms with Gasteiger partial charge in [-0.3, -0.25) is 4.79 Å². The SMILES string of the molecule is Cc1ccc(C(=O)Nc2ccc(C3CCCCC3)cc2)cc1-c1ccc(N)cc1. The zero-order chi connectivity index (χ0) is 20.2. The van der Waals surface area contributed by atoms with Crippen molar-refractivity contribution in [2.24, 2.45) is 0 Å². The number of anilines is 2. The standard InChI is InChI=1S/C26H28N2O/c1-18-7-8-22(17-25(18)21-9-13-23(27)14-10-21)26(29)28-24-15-11-20(12-16-24)19-5-3-2-4-6-19/h7-17,19H,2-6,27H2,1H3,(H,28,29). The van der Waals surface area contributed by atoms with Gasteiger partial charge < -0.3 is 11.1 Å². The Bertz CT molecular complexity index is 984. The van der Waals surface area contributed by atoms with Gasteiger partial charge in [0, 0.05) is 16.9 Å². The molecule has 0 bridgehead atoms. The molecule has 1 saturated carbocycles. The Hall–Kier alpha value is -3.07. The van der Waals surface area contributed by atoms with Crippen LogP contribution in [0.1, 0.15) is 59.5 Å². The number of carbonyl (C=O) groups excluding carboxylic acids is 1. The molecule has 1 aliphatic rings. The molecule has 0 aromatic heterocycles. The van der Waals surface area contributed by atoms with E-state index in [4.69, 9.17) is 5.73 Å². The second-order valence-corrected chi connectivity index (χ2v) is 8.06. The fourth-order valence-corrected chi connectivity index (χ4v) is 4.21. The summed E-state index contributed by atoms with van der Waals surface area (Å²) in [6.07, 6.45) is 6.57. The molecule has 0 heterocycles. The van der Waals surface area contributed by atoms with Crippen molar-refractivity contribution in [3.8, 4) is 11.1 Å². The zero-order valence-corrected chi connectivity index (χ0v) is 16.9. The van der Waals surface area contributed by atoms with Gasteiger partial charge in [-0.1, -0.05) is 49.6 Å². The van der Waals surface area contributed by atoms with Gasteiger partial charge in [-0.25, -0.2) is 0 Å². The minimum atomic E-state index is -0.0906. The number of benzene rings is 3. The Morgan fingerprint density at radius 3 is 2.28 bits per heavy atom. The van der Waals surface area contributed by atoms with Crippen LogP contribution >= 0.6 is 0 Å². The van der Waals surface area contributed by atoms with Gasteiger partial charge in [-0.15, -0.1) is 0 Å². The van der Waals surface area contributed by atoms with E-state index in [0.29, 0.717) is 11.5 Å². The summed E-state index contributed by atoms with van der Waals surface area (Å²) in [5.41, 5.74) is 12.6. The summed E-state index contributed by atoms with van der Waals surface area (Å²) in [4.78, 5) is 12.8. The highest BCUT2D eigenvalue weighted by Gasteiger charge is 2.15. The number of carbonyl (C=O) groups is 1. The monoisotopic (exact) mass is 384 g/mol. The fraction of sp³-hybridized carbons (Fsp3) is 0.269. The van der Waals surface area contributed by atoms with Crippen LogP contribution in [0.15, 0.2) is 66.7 Å². The largest absolute Gasteiger partial charge is 0.399 e. The Balaban J connectivity index is 1.49. The van der Waals surface area contributed by atoms with Crippen LogP contribution < -0.4 is 11.1 Å². The van der Waals surface area contributed by atoms with Crippen molar-refractivity contribution in [3.63, 3.8) is 0 Å². The molecule has 1 fully saturated rings. The minimum Gasteiger partial charge on any atom is -0.399 e. The van der Waals surface area contributed by atoms with E-state index in [1.165, 1.54) is 37.7 Å². The van der Waals surface area contributed by atoms with Gasteiger partial charge in [-0.2, -0.15) is 0 Å². The maximum absolute atomic E-state index is 12.8. The van der Waals surface area contributed by atoms with Crippen LogP contribution in [0.2, 0.25) is 0 Å². The first-order valence-corrected chi connectivity index (χ1v) is 10.5. The lowest BCUT2D eigenvalue weighted by Crippen LogP contribution is -2.12. The van der Waals surface area contributed by atoms with Crippen molar-refractivity contribution in [1.29, 1.82) is 0 Å². The highest BCUT2D eigenvalue weighted by Crippen LogP contribution is 2.33. The van der Waals surface area contributed by atoms with E-state index in [9.17, 15) is 4.79 Å². The smallest absolute Gasteiger partial charge is 0.255 e. The Labute approximate surface area is 173 Å². The molecule has 0 radical (unpaired) electrons. The van der Waals surface area contributed by atoms with E-state index in [2.05, 4.69) is 24.4 Å². The number of nitrogens with two attached hydrogens (primary N) is 1. The lowest BCUT2D eigenvalue weighted by molar-refractivity contribution is 0.102. The first-order valence-electron chi connectivity index (χ1n) is 10.5. The molecule has 3 aromatic carbocycles. The molecule has 0 aliphatic heterocycles. The van der Waals surface area contributed by atoms with Crippen molar-refractivity contribution < 1.29 is 4.79 Å². The van der Waals surface area contributed by atoms with Crippen molar-refractivity contribution in [2.45, 2.75) is 44.9 Å². The number of hydrogen-bond donors (Lipinski definition) is 2. The number of nitrogen functional groups attached to an aromatic ring is 1. The molecule has 3 nitrogen and oxygen atoms in total. The van der Waals surface area contributed by atoms with Crippen molar-refractivity contribution in [2.75, 3.05) is 11.1 Å². The number of nitrogens with one attached hydrogen (secondary N) is 1. The first kappa shape index (κ1) is 19.3. The predicted molar refractivity (Wildman–Crippen MR) is 121 cm³/mol. The van der Waals surface area contributed by atoms with Crippen molar-refractivity contribution in [1.82, 2.24) is 0 Å². The molecule has 0 spiro atoms. The van der Waals surface area contributed by atoms with E-state index in [-0.39, 0.29) is 5.91 Å². The van der Waals surface area contributed by atoms with Crippen LogP contribution in [0.3, 0.4) is 0 Å². The summed E-state index contributed by atoms with van der Waals surface area (Å²) in [5.74, 6) is 0.583. The summed E-state index contributed by atoms with van der Waals surface area (Å²) in [5, 5.41) is 3.04. The zero-order valence-electron chi connectivity index (χ0n) is 16.9. The van der Waals surface area contributed by atoms with Gasteiger partial charge in [0.15, 0.2) is 0 Å². The normalized spacial score (nSPS) is 14.5. The highest BCUT2D eigenvalue weighted by molar-refractivity contribution is 6.05. The third-order valence-electron chi connectivity index (χ3n) is 5.97. The second-order valence-electron chi connectivity index (χ2n) is 8.06. The van der Waals surface area contributed by atoms with Crippen LogP contribution in [0.4, 0.5) is 11.4 Å². The lowest BCUT2D eigenvalue weighted by atomic mass is 9.84. The first-order chi connectivity index (χ1) is 14.1. The number of aryl methyl sites for hydroxylation is 1. The molecule has 3 aromatic rings. The van der Waals surface area contributed by atoms with Gasteiger partial charge >= 0.3 is 0 Å². The van der Waals surface area contributed by atoms with Crippen LogP contribution in [0, 0.1) is 6.92 Å². The number of rotatable bonds is 4. The summed E-state index contributed by atoms with van der Waals surface area (Å²) in [6.45, 7) is 2.05. The lowest BCUT2D eigenvalue weighted by Gasteiger charge is -2.22. The Morgan fingerprint density at radius 1 is 0.897 bits per heavy atom. The molecule has 0 atom stereocenters. The summed E-state index contributed by atoms with van der Waals surface area (Å²) < 4.78 is 0. The number of amides is 1. The van der Waals surface area contributed by atoms with Crippen LogP contribution in [0.25, 0.3) is 11.1 Å². The molecule has 4 rings (SSSR count). The maximum Gasteiger partial charge on any atom is 0.255 e. The number of hydrogen-bond acceptors (Lipinski definition) is 2. The highest BCUT2D eigenvalue weighted by atomic mass is 16.1. The van der Waals surface area contributed by atoms with E-state index in [0.717, 1.165) is 28.1 Å². The van der Waals surface area contributed by atoms with Crippen LogP contribution in [-0.4, -0.2) is 5.91 Å². The van der Waals surface area contributed by atoms with Gasteiger partial charge in [0.1, 0.15) is 0 Å². The predicted octanol–water partition coefficient (Wildman–Crippen LogP) is 6.54. The Morgan fingerprint density at radius 2 is 1.59 bits per heavy atom. The average Bonchev–Trinajstić information content (AvgIpc) is 2.76. The van der Waals surface area contributed by atoms with Gasteiger partial charge in [0.25, 0.3) is 5.91 Å². The van der Waals surface area contributed by atoms with Gasteiger partial charge in [0.05, 0.1) is 0 Å². The van der Waals surface area contributed by atoms with Crippen molar-refractivity contribution in [3.05, 3.63) is 83.4 Å². The van der Waals surface area contributed by atoms with Gasteiger partial charge in [0.2, 0.25) is 0 Å². The molecule has 0 unspecified atom stereocenters. The maximum atomic E-state index is 12.8. The third-order valence-corrected chi connectivity index (χ3v) is 5.97. The van der Waals surface area contributed by atoms with E-state index in [1.54, 1.807) is 0 Å². The topological polar surface area (TPSA) is 55.1 Å². The third kappa shape index (κ3) is 4.51. The Kier molecular flexibility index (Phi) is 5.66. The molecule has 3 N–H and O–H groups in total. The molecule has 29 heavy (non-hydrogen) atoms. The molecule has 1 amide bonds. The molecule has 148 valence electrons. The van der Waals surface area contributed by atoms with E-state index in [1.807, 2.05) is 54.6 Å². The molecule has 1 aliphatic carbocycles. The minimum absolute atomic E-state index is 0.0906. The molecule has 0 saturated heterocycles. The second kappa shape index (κ2) is 8.52. The average molecular weight is 385 g/mol. The summed E-state index contributed by atoms with van der Waals surface area (Å²) >= 11 is 0. The van der Waals surface area contributed by atoms with E-state index < -0.39 is 0 Å². The van der Waals surface area contributed by atoms with Crippen LogP contribution in [-0.2, 0) is 0 Å². The molecular formula is C26H28N2O. The molecular weight excluding hydrogens is 356 g/mol. The summed E-state index contributed by atoms with van der Waals surface area (Å²) in [6, 6.07) is 22.0.